The van der Waals surface area contributed by atoms with Gasteiger partial charge >= 0.3 is 0 Å². The number of fused-ring (bicyclic) bond motifs is 1. The molecule has 1 amide bonds. The first-order chi connectivity index (χ1) is 14.4. The number of hydrogen-bond acceptors (Lipinski definition) is 7. The minimum absolute atomic E-state index is 0.161. The average molecular weight is 451 g/mol. The first-order valence-corrected chi connectivity index (χ1v) is 12.3. The van der Waals surface area contributed by atoms with Crippen LogP contribution in [0.3, 0.4) is 0 Å². The summed E-state index contributed by atoms with van der Waals surface area (Å²) in [5.74, 6) is 0.600. The van der Waals surface area contributed by atoms with E-state index >= 15 is 0 Å². The smallest absolute Gasteiger partial charge is 0.243 e. The molecule has 0 radical (unpaired) electrons. The molecule has 0 spiro atoms. The molecule has 1 N–H and O–H groups in total. The number of amides is 1. The lowest BCUT2D eigenvalue weighted by atomic mass is 10.2. The van der Waals surface area contributed by atoms with Gasteiger partial charge in [-0.2, -0.15) is 4.31 Å². The van der Waals surface area contributed by atoms with Crippen LogP contribution in [0.2, 0.25) is 0 Å². The van der Waals surface area contributed by atoms with Crippen LogP contribution in [0.15, 0.2) is 28.6 Å². The summed E-state index contributed by atoms with van der Waals surface area (Å²) in [7, 11) is -3.56. The Balaban J connectivity index is 1.87. The van der Waals surface area contributed by atoms with Crippen LogP contribution in [0.5, 0.6) is 0 Å². The SMILES string of the molecule is CCCn1c(CCC(=O)Nc2nncs2)nc2cc(S(=O)(=O)N(CC)CC)ccc21. The normalized spacial score (nSPS) is 12.0. The quantitative estimate of drug-likeness (QED) is 0.509. The van der Waals surface area contributed by atoms with Crippen molar-refractivity contribution in [3.63, 3.8) is 0 Å². The number of imidazole rings is 1. The molecule has 2 heterocycles. The molecule has 0 unspecified atom stereocenters. The molecule has 0 saturated heterocycles. The van der Waals surface area contributed by atoms with Crippen LogP contribution in [-0.4, -0.2) is 51.5 Å². The highest BCUT2D eigenvalue weighted by molar-refractivity contribution is 7.89. The molecule has 3 rings (SSSR count). The predicted molar refractivity (Wildman–Crippen MR) is 117 cm³/mol. The first kappa shape index (κ1) is 22.3. The maximum absolute atomic E-state index is 12.9. The van der Waals surface area contributed by atoms with Crippen LogP contribution in [0.4, 0.5) is 5.13 Å². The fourth-order valence-corrected chi connectivity index (χ4v) is 5.27. The number of aryl methyl sites for hydroxylation is 2. The van der Waals surface area contributed by atoms with Gasteiger partial charge in [-0.15, -0.1) is 10.2 Å². The van der Waals surface area contributed by atoms with Crippen molar-refractivity contribution in [3.05, 3.63) is 29.5 Å². The number of anilines is 1. The summed E-state index contributed by atoms with van der Waals surface area (Å²) in [4.78, 5) is 17.1. The summed E-state index contributed by atoms with van der Waals surface area (Å²) >= 11 is 1.26. The molecule has 0 saturated carbocycles. The highest BCUT2D eigenvalue weighted by Crippen LogP contribution is 2.24. The zero-order chi connectivity index (χ0) is 21.7. The van der Waals surface area contributed by atoms with E-state index in [1.54, 1.807) is 23.7 Å². The largest absolute Gasteiger partial charge is 0.328 e. The average Bonchev–Trinajstić information content (AvgIpc) is 3.35. The molecule has 11 heteroatoms. The first-order valence-electron chi connectivity index (χ1n) is 9.96. The van der Waals surface area contributed by atoms with Gasteiger partial charge in [-0.25, -0.2) is 13.4 Å². The summed E-state index contributed by atoms with van der Waals surface area (Å²) in [6, 6.07) is 5.06. The van der Waals surface area contributed by atoms with Crippen LogP contribution in [0.25, 0.3) is 11.0 Å². The summed E-state index contributed by atoms with van der Waals surface area (Å²) in [6.45, 7) is 7.27. The third kappa shape index (κ3) is 4.68. The second-order valence-electron chi connectivity index (χ2n) is 6.71. The van der Waals surface area contributed by atoms with Gasteiger partial charge in [0, 0.05) is 32.5 Å². The maximum atomic E-state index is 12.9. The maximum Gasteiger partial charge on any atom is 0.243 e. The number of aromatic nitrogens is 4. The van der Waals surface area contributed by atoms with Gasteiger partial charge in [0.05, 0.1) is 15.9 Å². The molecule has 2 aromatic heterocycles. The van der Waals surface area contributed by atoms with E-state index in [-0.39, 0.29) is 17.2 Å². The minimum atomic E-state index is -3.56. The minimum Gasteiger partial charge on any atom is -0.328 e. The second kappa shape index (κ2) is 9.63. The van der Waals surface area contributed by atoms with Crippen LogP contribution >= 0.6 is 11.3 Å². The molecular weight excluding hydrogens is 424 g/mol. The number of sulfonamides is 1. The Morgan fingerprint density at radius 3 is 2.63 bits per heavy atom. The zero-order valence-electron chi connectivity index (χ0n) is 17.3. The zero-order valence-corrected chi connectivity index (χ0v) is 19.0. The lowest BCUT2D eigenvalue weighted by molar-refractivity contribution is -0.116. The number of hydrogen-bond donors (Lipinski definition) is 1. The fraction of sp³-hybridized carbons (Fsp3) is 0.474. The number of benzene rings is 1. The van der Waals surface area contributed by atoms with Crippen LogP contribution in [-0.2, 0) is 27.8 Å². The fourth-order valence-electron chi connectivity index (χ4n) is 3.33. The van der Waals surface area contributed by atoms with E-state index in [1.165, 1.54) is 15.6 Å². The molecule has 0 atom stereocenters. The van der Waals surface area contributed by atoms with Gasteiger partial charge in [-0.3, -0.25) is 4.79 Å². The Labute approximate surface area is 180 Å². The highest BCUT2D eigenvalue weighted by Gasteiger charge is 2.23. The van der Waals surface area contributed by atoms with Gasteiger partial charge in [-0.05, 0) is 24.6 Å². The lowest BCUT2D eigenvalue weighted by Crippen LogP contribution is -2.30. The summed E-state index contributed by atoms with van der Waals surface area (Å²) in [5.41, 5.74) is 3.05. The van der Waals surface area contributed by atoms with Crippen molar-refractivity contribution in [2.45, 2.75) is 51.5 Å². The van der Waals surface area contributed by atoms with E-state index in [2.05, 4.69) is 32.0 Å². The molecule has 0 aliphatic rings. The van der Waals surface area contributed by atoms with Gasteiger partial charge in [0.2, 0.25) is 21.1 Å². The number of nitrogens with one attached hydrogen (secondary N) is 1. The predicted octanol–water partition coefficient (Wildman–Crippen LogP) is 2.90. The van der Waals surface area contributed by atoms with Crippen LogP contribution in [0, 0.1) is 0 Å². The Bertz CT molecular complexity index is 1100. The van der Waals surface area contributed by atoms with E-state index < -0.39 is 10.0 Å². The van der Waals surface area contributed by atoms with Gasteiger partial charge in [0.1, 0.15) is 11.3 Å². The van der Waals surface area contributed by atoms with Crippen molar-refractivity contribution in [2.24, 2.45) is 0 Å². The van der Waals surface area contributed by atoms with E-state index in [1.807, 2.05) is 13.8 Å². The van der Waals surface area contributed by atoms with E-state index in [0.717, 1.165) is 24.3 Å². The molecule has 0 aliphatic heterocycles. The van der Waals surface area contributed by atoms with Gasteiger partial charge in [0.25, 0.3) is 0 Å². The molecule has 30 heavy (non-hydrogen) atoms. The Morgan fingerprint density at radius 1 is 1.23 bits per heavy atom. The third-order valence-electron chi connectivity index (χ3n) is 4.77. The van der Waals surface area contributed by atoms with Crippen molar-refractivity contribution in [2.75, 3.05) is 18.4 Å². The van der Waals surface area contributed by atoms with Crippen molar-refractivity contribution >= 4 is 43.4 Å². The molecule has 0 aliphatic carbocycles. The van der Waals surface area contributed by atoms with Crippen LogP contribution in [0.1, 0.15) is 39.4 Å². The summed E-state index contributed by atoms with van der Waals surface area (Å²) < 4.78 is 29.2. The molecule has 3 aromatic rings. The van der Waals surface area contributed by atoms with Crippen molar-refractivity contribution in [1.82, 2.24) is 24.1 Å². The van der Waals surface area contributed by atoms with E-state index in [0.29, 0.717) is 30.2 Å². The number of nitrogens with zero attached hydrogens (tertiary/aromatic N) is 5. The van der Waals surface area contributed by atoms with Crippen molar-refractivity contribution < 1.29 is 13.2 Å². The van der Waals surface area contributed by atoms with Gasteiger partial charge in [0.15, 0.2) is 0 Å². The number of carbonyl (C=O) groups is 1. The number of rotatable bonds is 10. The Morgan fingerprint density at radius 2 is 2.00 bits per heavy atom. The summed E-state index contributed by atoms with van der Waals surface area (Å²) in [6.07, 6.45) is 1.59. The lowest BCUT2D eigenvalue weighted by Gasteiger charge is -2.18. The molecule has 1 aromatic carbocycles. The molecule has 9 nitrogen and oxygen atoms in total. The number of carbonyl (C=O) groups excluding carboxylic acids is 1. The third-order valence-corrected chi connectivity index (χ3v) is 7.42. The molecular formula is C19H26N6O3S2. The van der Waals surface area contributed by atoms with Crippen LogP contribution < -0.4 is 5.32 Å². The van der Waals surface area contributed by atoms with Gasteiger partial charge < -0.3 is 9.88 Å². The molecule has 0 bridgehead atoms. The van der Waals surface area contributed by atoms with Gasteiger partial charge in [-0.1, -0.05) is 32.1 Å². The van der Waals surface area contributed by atoms with Crippen molar-refractivity contribution in [3.8, 4) is 0 Å². The monoisotopic (exact) mass is 450 g/mol. The second-order valence-corrected chi connectivity index (χ2v) is 9.48. The Kier molecular flexibility index (Phi) is 7.16. The molecule has 162 valence electrons. The van der Waals surface area contributed by atoms with E-state index in [4.69, 9.17) is 0 Å². The Hall–Kier alpha value is -2.37. The highest BCUT2D eigenvalue weighted by atomic mass is 32.2. The molecule has 0 fully saturated rings. The van der Waals surface area contributed by atoms with Crippen molar-refractivity contribution in [1.29, 1.82) is 0 Å². The van der Waals surface area contributed by atoms with E-state index in [9.17, 15) is 13.2 Å². The standard InChI is InChI=1S/C19H26N6O3S2/c1-4-11-25-16-8-7-14(30(27,28)24(5-2)6-3)12-15(16)21-17(25)9-10-18(26)22-19-23-20-13-29-19/h7-8,12-13H,4-6,9-11H2,1-3H3,(H,22,23,26). The summed E-state index contributed by atoms with van der Waals surface area (Å²) in [5, 5.41) is 10.7. The topological polar surface area (TPSA) is 110 Å².